The van der Waals surface area contributed by atoms with Crippen LogP contribution < -0.4 is 4.74 Å². The Balaban J connectivity index is 1.87. The molecular weight excluding hydrogens is 336 g/mol. The summed E-state index contributed by atoms with van der Waals surface area (Å²) in [4.78, 5) is 16.6. The van der Waals surface area contributed by atoms with E-state index in [-0.39, 0.29) is 5.41 Å². The number of hydrogen-bond donors (Lipinski definition) is 1. The van der Waals surface area contributed by atoms with Gasteiger partial charge < -0.3 is 14.7 Å². The van der Waals surface area contributed by atoms with Gasteiger partial charge in [-0.25, -0.2) is 9.78 Å². The van der Waals surface area contributed by atoms with Crippen LogP contribution in [0.3, 0.4) is 0 Å². The van der Waals surface area contributed by atoms with Gasteiger partial charge in [-0.3, -0.25) is 0 Å². The van der Waals surface area contributed by atoms with Crippen LogP contribution in [0.1, 0.15) is 26.7 Å². The molecule has 0 aliphatic carbocycles. The van der Waals surface area contributed by atoms with Crippen LogP contribution in [0.15, 0.2) is 22.8 Å². The number of pyridine rings is 1. The first-order valence-corrected chi connectivity index (χ1v) is 7.90. The highest BCUT2D eigenvalue weighted by molar-refractivity contribution is 9.10. The number of hydrogen-bond acceptors (Lipinski definition) is 3. The number of rotatable bonds is 4. The van der Waals surface area contributed by atoms with E-state index >= 15 is 0 Å². The van der Waals surface area contributed by atoms with Crippen LogP contribution in [-0.4, -0.2) is 40.8 Å². The normalized spacial score (nSPS) is 16.8. The molecule has 1 aliphatic heterocycles. The molecule has 1 fully saturated rings. The number of carboxylic acid groups (broad SMARTS) is 1. The summed E-state index contributed by atoms with van der Waals surface area (Å²) in [5.41, 5.74) is -0.000648. The van der Waals surface area contributed by atoms with Gasteiger partial charge in [0.25, 0.3) is 0 Å². The topological polar surface area (TPSA) is 62.7 Å². The highest BCUT2D eigenvalue weighted by Gasteiger charge is 2.34. The maximum absolute atomic E-state index is 10.9. The molecule has 1 amide bonds. The van der Waals surface area contributed by atoms with Gasteiger partial charge in [0, 0.05) is 35.2 Å². The summed E-state index contributed by atoms with van der Waals surface area (Å²) in [6, 6.07) is 3.74. The van der Waals surface area contributed by atoms with E-state index in [0.29, 0.717) is 31.5 Å². The average molecular weight is 357 g/mol. The molecule has 0 aromatic carbocycles. The minimum absolute atomic E-state index is 0.000648. The zero-order valence-electron chi connectivity index (χ0n) is 12.4. The van der Waals surface area contributed by atoms with Crippen LogP contribution in [0.2, 0.25) is 0 Å². The standard InChI is InChI=1S/C15H21BrN2O3/c1-15(2,10-21-13-4-3-12(16)9-17-13)11-5-7-18(8-6-11)14(19)20/h3-4,9,11H,5-8,10H2,1-2H3,(H,19,20). The zero-order chi connectivity index (χ0) is 15.5. The number of carbonyl (C=O) groups is 1. The molecule has 0 atom stereocenters. The van der Waals surface area contributed by atoms with Crippen LogP contribution in [0.4, 0.5) is 4.79 Å². The molecule has 2 rings (SSSR count). The van der Waals surface area contributed by atoms with Crippen LogP contribution >= 0.6 is 15.9 Å². The van der Waals surface area contributed by atoms with Crippen molar-refractivity contribution in [2.45, 2.75) is 26.7 Å². The summed E-state index contributed by atoms with van der Waals surface area (Å²) in [6.45, 7) is 6.15. The monoisotopic (exact) mass is 356 g/mol. The van der Waals surface area contributed by atoms with Gasteiger partial charge in [-0.15, -0.1) is 0 Å². The first kappa shape index (κ1) is 16.1. The molecule has 116 valence electrons. The molecule has 1 saturated heterocycles. The minimum Gasteiger partial charge on any atom is -0.477 e. The SMILES string of the molecule is CC(C)(COc1ccc(Br)cn1)C1CCN(C(=O)O)CC1. The van der Waals surface area contributed by atoms with E-state index in [0.717, 1.165) is 17.3 Å². The van der Waals surface area contributed by atoms with Gasteiger partial charge in [-0.1, -0.05) is 13.8 Å². The van der Waals surface area contributed by atoms with E-state index in [9.17, 15) is 4.79 Å². The third-order valence-corrected chi connectivity index (χ3v) is 4.63. The molecule has 0 saturated carbocycles. The quantitative estimate of drug-likeness (QED) is 0.894. The molecule has 1 N–H and O–H groups in total. The summed E-state index contributed by atoms with van der Waals surface area (Å²) in [7, 11) is 0. The fourth-order valence-corrected chi connectivity index (χ4v) is 2.91. The number of ether oxygens (including phenoxy) is 1. The van der Waals surface area contributed by atoms with Crippen LogP contribution in [-0.2, 0) is 0 Å². The Labute approximate surface area is 133 Å². The summed E-state index contributed by atoms with van der Waals surface area (Å²) < 4.78 is 6.72. The van der Waals surface area contributed by atoms with Crippen molar-refractivity contribution in [1.29, 1.82) is 0 Å². The lowest BCUT2D eigenvalue weighted by Gasteiger charge is -2.39. The highest BCUT2D eigenvalue weighted by Crippen LogP contribution is 2.35. The number of aromatic nitrogens is 1. The molecule has 0 bridgehead atoms. The molecule has 0 spiro atoms. The van der Waals surface area contributed by atoms with Gasteiger partial charge in [-0.2, -0.15) is 0 Å². The largest absolute Gasteiger partial charge is 0.477 e. The minimum atomic E-state index is -0.818. The van der Waals surface area contributed by atoms with Crippen LogP contribution in [0.5, 0.6) is 5.88 Å². The molecule has 0 unspecified atom stereocenters. The molecule has 1 aliphatic rings. The molecule has 1 aromatic heterocycles. The molecule has 0 radical (unpaired) electrons. The Morgan fingerprint density at radius 1 is 1.48 bits per heavy atom. The first-order chi connectivity index (χ1) is 9.88. The number of piperidine rings is 1. The molecular formula is C15H21BrN2O3. The summed E-state index contributed by atoms with van der Waals surface area (Å²) >= 11 is 3.35. The maximum Gasteiger partial charge on any atom is 0.407 e. The zero-order valence-corrected chi connectivity index (χ0v) is 14.0. The second-order valence-corrected chi connectivity index (χ2v) is 7.05. The molecule has 2 heterocycles. The van der Waals surface area contributed by atoms with Gasteiger partial charge in [0.2, 0.25) is 5.88 Å². The number of halogens is 1. The van der Waals surface area contributed by atoms with Crippen LogP contribution in [0.25, 0.3) is 0 Å². The summed E-state index contributed by atoms with van der Waals surface area (Å²) in [5, 5.41) is 8.99. The van der Waals surface area contributed by atoms with E-state index in [1.54, 1.807) is 6.20 Å². The third kappa shape index (κ3) is 4.33. The van der Waals surface area contributed by atoms with Crippen molar-refractivity contribution < 1.29 is 14.6 Å². The van der Waals surface area contributed by atoms with Gasteiger partial charge in [0.1, 0.15) is 0 Å². The maximum atomic E-state index is 10.9. The fraction of sp³-hybridized carbons (Fsp3) is 0.600. The average Bonchev–Trinajstić information content (AvgIpc) is 2.47. The summed E-state index contributed by atoms with van der Waals surface area (Å²) in [6.07, 6.45) is 2.67. The second kappa shape index (κ2) is 6.64. The lowest BCUT2D eigenvalue weighted by molar-refractivity contribution is 0.0559. The Kier molecular flexibility index (Phi) is 5.08. The van der Waals surface area contributed by atoms with Gasteiger partial charge in [0.05, 0.1) is 6.61 Å². The van der Waals surface area contributed by atoms with E-state index < -0.39 is 6.09 Å². The van der Waals surface area contributed by atoms with Gasteiger partial charge >= 0.3 is 6.09 Å². The molecule has 6 heteroatoms. The molecule has 21 heavy (non-hydrogen) atoms. The van der Waals surface area contributed by atoms with Gasteiger partial charge in [0.15, 0.2) is 0 Å². The Bertz CT molecular complexity index is 482. The lowest BCUT2D eigenvalue weighted by atomic mass is 9.74. The molecule has 5 nitrogen and oxygen atoms in total. The Morgan fingerprint density at radius 2 is 2.14 bits per heavy atom. The smallest absolute Gasteiger partial charge is 0.407 e. The van der Waals surface area contributed by atoms with E-state index in [4.69, 9.17) is 9.84 Å². The predicted octanol–water partition coefficient (Wildman–Crippen LogP) is 3.64. The van der Waals surface area contributed by atoms with Gasteiger partial charge in [-0.05, 0) is 40.8 Å². The third-order valence-electron chi connectivity index (χ3n) is 4.16. The number of nitrogens with zero attached hydrogens (tertiary/aromatic N) is 2. The molecule has 1 aromatic rings. The second-order valence-electron chi connectivity index (χ2n) is 6.14. The highest BCUT2D eigenvalue weighted by atomic mass is 79.9. The Morgan fingerprint density at radius 3 is 2.67 bits per heavy atom. The van der Waals surface area contributed by atoms with E-state index in [1.165, 1.54) is 4.90 Å². The van der Waals surface area contributed by atoms with Crippen molar-refractivity contribution in [1.82, 2.24) is 9.88 Å². The number of likely N-dealkylation sites (tertiary alicyclic amines) is 1. The van der Waals surface area contributed by atoms with E-state index in [1.807, 2.05) is 12.1 Å². The van der Waals surface area contributed by atoms with Crippen molar-refractivity contribution in [2.75, 3.05) is 19.7 Å². The van der Waals surface area contributed by atoms with Crippen molar-refractivity contribution in [2.24, 2.45) is 11.3 Å². The Hall–Kier alpha value is -1.30. The lowest BCUT2D eigenvalue weighted by Crippen LogP contribution is -2.43. The summed E-state index contributed by atoms with van der Waals surface area (Å²) in [5.74, 6) is 1.08. The van der Waals surface area contributed by atoms with Crippen molar-refractivity contribution in [3.05, 3.63) is 22.8 Å². The van der Waals surface area contributed by atoms with Crippen molar-refractivity contribution in [3.8, 4) is 5.88 Å². The first-order valence-electron chi connectivity index (χ1n) is 7.11. The van der Waals surface area contributed by atoms with Crippen molar-refractivity contribution >= 4 is 22.0 Å². The number of amides is 1. The van der Waals surface area contributed by atoms with E-state index in [2.05, 4.69) is 34.8 Å². The predicted molar refractivity (Wildman–Crippen MR) is 83.5 cm³/mol. The fourth-order valence-electron chi connectivity index (χ4n) is 2.68. The van der Waals surface area contributed by atoms with Crippen LogP contribution in [0, 0.1) is 11.3 Å². The van der Waals surface area contributed by atoms with Crippen molar-refractivity contribution in [3.63, 3.8) is 0 Å².